The zero-order valence-electron chi connectivity index (χ0n) is 11.1. The lowest BCUT2D eigenvalue weighted by Crippen LogP contribution is -2.40. The third-order valence-corrected chi connectivity index (χ3v) is 3.49. The first-order valence-corrected chi connectivity index (χ1v) is 6.64. The highest BCUT2D eigenvalue weighted by Crippen LogP contribution is 2.19. The van der Waals surface area contributed by atoms with Gasteiger partial charge in [-0.3, -0.25) is 9.18 Å². The smallest absolute Gasteiger partial charge is 0.225 e. The normalized spacial score (nSPS) is 18.3. The van der Waals surface area contributed by atoms with E-state index in [1.807, 2.05) is 14.1 Å². The minimum atomic E-state index is -0.195. The number of unbranched alkanes of at least 4 members (excludes halogenated alkanes) is 2. The van der Waals surface area contributed by atoms with Gasteiger partial charge in [0.15, 0.2) is 0 Å². The van der Waals surface area contributed by atoms with Crippen LogP contribution >= 0.6 is 0 Å². The van der Waals surface area contributed by atoms with E-state index in [9.17, 15) is 9.18 Å². The van der Waals surface area contributed by atoms with Crippen molar-refractivity contribution in [3.8, 4) is 0 Å². The van der Waals surface area contributed by atoms with Gasteiger partial charge in [-0.2, -0.15) is 0 Å². The molecule has 17 heavy (non-hydrogen) atoms. The van der Waals surface area contributed by atoms with E-state index in [1.165, 1.54) is 0 Å². The molecule has 100 valence electrons. The van der Waals surface area contributed by atoms with Gasteiger partial charge in [0.05, 0.1) is 6.67 Å². The Kier molecular flexibility index (Phi) is 6.48. The first-order chi connectivity index (χ1) is 8.15. The minimum Gasteiger partial charge on any atom is -0.349 e. The second kappa shape index (κ2) is 7.64. The Morgan fingerprint density at radius 3 is 2.41 bits per heavy atom. The van der Waals surface area contributed by atoms with Crippen molar-refractivity contribution in [2.45, 2.75) is 32.1 Å². The number of piperidine rings is 1. The lowest BCUT2D eigenvalue weighted by Gasteiger charge is -2.32. The molecule has 4 heteroatoms. The van der Waals surface area contributed by atoms with Crippen LogP contribution in [-0.4, -0.2) is 56.1 Å². The Bertz CT molecular complexity index is 225. The maximum atomic E-state index is 11.9. The average molecular weight is 244 g/mol. The molecule has 1 aliphatic rings. The number of carbonyl (C=O) groups is 1. The summed E-state index contributed by atoms with van der Waals surface area (Å²) in [7, 11) is 3.65. The van der Waals surface area contributed by atoms with E-state index < -0.39 is 0 Å². The highest BCUT2D eigenvalue weighted by Gasteiger charge is 2.25. The molecule has 0 radical (unpaired) electrons. The summed E-state index contributed by atoms with van der Waals surface area (Å²) in [4.78, 5) is 15.9. The molecular weight excluding hydrogens is 219 g/mol. The highest BCUT2D eigenvalue weighted by molar-refractivity contribution is 5.78. The number of hydrogen-bond acceptors (Lipinski definition) is 2. The molecule has 1 aliphatic heterocycles. The summed E-state index contributed by atoms with van der Waals surface area (Å²) in [6.07, 6.45) is 4.69. The highest BCUT2D eigenvalue weighted by atomic mass is 19.1. The van der Waals surface area contributed by atoms with Crippen molar-refractivity contribution in [1.29, 1.82) is 0 Å². The summed E-state index contributed by atoms with van der Waals surface area (Å²) < 4.78 is 11.9. The molecule has 0 aromatic heterocycles. The molecule has 1 amide bonds. The van der Waals surface area contributed by atoms with E-state index in [0.29, 0.717) is 6.42 Å². The number of carbonyl (C=O) groups excluding carboxylic acids is 1. The van der Waals surface area contributed by atoms with Crippen molar-refractivity contribution in [2.75, 3.05) is 40.4 Å². The maximum absolute atomic E-state index is 11.9. The third kappa shape index (κ3) is 5.02. The standard InChI is InChI=1S/C13H25FN2O/c1-15(2)13(17)12-6-10-16(11-7-12)9-5-3-4-8-14/h12H,3-11H2,1-2H3. The second-order valence-electron chi connectivity index (χ2n) is 5.10. The fourth-order valence-corrected chi connectivity index (χ4v) is 2.38. The minimum absolute atomic E-state index is 0.195. The van der Waals surface area contributed by atoms with E-state index >= 15 is 0 Å². The Morgan fingerprint density at radius 2 is 1.88 bits per heavy atom. The summed E-state index contributed by atoms with van der Waals surface area (Å²) in [6, 6.07) is 0. The van der Waals surface area contributed by atoms with E-state index in [-0.39, 0.29) is 18.5 Å². The molecule has 0 atom stereocenters. The molecule has 0 aromatic carbocycles. The van der Waals surface area contributed by atoms with Crippen LogP contribution in [0.1, 0.15) is 32.1 Å². The Labute approximate surface area is 104 Å². The quantitative estimate of drug-likeness (QED) is 0.667. The number of alkyl halides is 1. The molecule has 1 rings (SSSR count). The Hall–Kier alpha value is -0.640. The van der Waals surface area contributed by atoms with Crippen LogP contribution < -0.4 is 0 Å². The molecule has 0 N–H and O–H groups in total. The second-order valence-corrected chi connectivity index (χ2v) is 5.10. The number of halogens is 1. The molecule has 0 aliphatic carbocycles. The number of rotatable bonds is 6. The lowest BCUT2D eigenvalue weighted by molar-refractivity contribution is -0.134. The van der Waals surface area contributed by atoms with Gasteiger partial charge in [0.2, 0.25) is 5.91 Å². The van der Waals surface area contributed by atoms with Crippen LogP contribution in [0.15, 0.2) is 0 Å². The van der Waals surface area contributed by atoms with Gasteiger partial charge in [0.1, 0.15) is 0 Å². The van der Waals surface area contributed by atoms with Crippen molar-refractivity contribution in [1.82, 2.24) is 9.80 Å². The summed E-state index contributed by atoms with van der Waals surface area (Å²) in [5.41, 5.74) is 0. The van der Waals surface area contributed by atoms with Crippen LogP contribution in [0.25, 0.3) is 0 Å². The first kappa shape index (κ1) is 14.4. The molecule has 1 fully saturated rings. The fraction of sp³-hybridized carbons (Fsp3) is 0.923. The zero-order valence-corrected chi connectivity index (χ0v) is 11.1. The van der Waals surface area contributed by atoms with Crippen LogP contribution in [0.4, 0.5) is 4.39 Å². The van der Waals surface area contributed by atoms with Crippen molar-refractivity contribution < 1.29 is 9.18 Å². The summed E-state index contributed by atoms with van der Waals surface area (Å²) in [6.45, 7) is 2.89. The van der Waals surface area contributed by atoms with Gasteiger partial charge >= 0.3 is 0 Å². The van der Waals surface area contributed by atoms with Crippen LogP contribution in [0.2, 0.25) is 0 Å². The van der Waals surface area contributed by atoms with Gasteiger partial charge in [0, 0.05) is 20.0 Å². The number of amides is 1. The fourth-order valence-electron chi connectivity index (χ4n) is 2.38. The van der Waals surface area contributed by atoms with Crippen molar-refractivity contribution in [2.24, 2.45) is 5.92 Å². The van der Waals surface area contributed by atoms with Gasteiger partial charge in [-0.25, -0.2) is 0 Å². The molecule has 0 bridgehead atoms. The van der Waals surface area contributed by atoms with Crippen molar-refractivity contribution in [3.63, 3.8) is 0 Å². The van der Waals surface area contributed by atoms with E-state index in [0.717, 1.165) is 45.3 Å². The van der Waals surface area contributed by atoms with Gasteiger partial charge in [-0.15, -0.1) is 0 Å². The van der Waals surface area contributed by atoms with Crippen LogP contribution in [-0.2, 0) is 4.79 Å². The van der Waals surface area contributed by atoms with Gasteiger partial charge in [0.25, 0.3) is 0 Å². The Morgan fingerprint density at radius 1 is 1.24 bits per heavy atom. The molecule has 0 unspecified atom stereocenters. The Balaban J connectivity index is 2.15. The number of nitrogens with zero attached hydrogens (tertiary/aromatic N) is 2. The largest absolute Gasteiger partial charge is 0.349 e. The summed E-state index contributed by atoms with van der Waals surface area (Å²) in [5, 5.41) is 0. The summed E-state index contributed by atoms with van der Waals surface area (Å²) >= 11 is 0. The van der Waals surface area contributed by atoms with Crippen LogP contribution in [0.3, 0.4) is 0 Å². The van der Waals surface area contributed by atoms with Gasteiger partial charge < -0.3 is 9.80 Å². The summed E-state index contributed by atoms with van der Waals surface area (Å²) in [5.74, 6) is 0.481. The maximum Gasteiger partial charge on any atom is 0.225 e. The molecule has 0 aromatic rings. The van der Waals surface area contributed by atoms with Crippen LogP contribution in [0, 0.1) is 5.92 Å². The van der Waals surface area contributed by atoms with E-state index in [4.69, 9.17) is 0 Å². The topological polar surface area (TPSA) is 23.6 Å². The molecule has 1 saturated heterocycles. The predicted molar refractivity (Wildman–Crippen MR) is 67.7 cm³/mol. The van der Waals surface area contributed by atoms with Crippen molar-refractivity contribution in [3.05, 3.63) is 0 Å². The van der Waals surface area contributed by atoms with E-state index in [1.54, 1.807) is 4.90 Å². The lowest BCUT2D eigenvalue weighted by atomic mass is 9.95. The SMILES string of the molecule is CN(C)C(=O)C1CCN(CCCCCF)CC1. The van der Waals surface area contributed by atoms with Gasteiger partial charge in [-0.1, -0.05) is 0 Å². The molecule has 0 saturated carbocycles. The third-order valence-electron chi connectivity index (χ3n) is 3.49. The molecular formula is C13H25FN2O. The zero-order chi connectivity index (χ0) is 12.7. The van der Waals surface area contributed by atoms with Crippen molar-refractivity contribution >= 4 is 5.91 Å². The van der Waals surface area contributed by atoms with Gasteiger partial charge in [-0.05, 0) is 51.7 Å². The number of likely N-dealkylation sites (tertiary alicyclic amines) is 1. The van der Waals surface area contributed by atoms with E-state index in [2.05, 4.69) is 4.90 Å². The predicted octanol–water partition coefficient (Wildman–Crippen LogP) is 1.93. The molecule has 0 spiro atoms. The number of hydrogen-bond donors (Lipinski definition) is 0. The average Bonchev–Trinajstić information content (AvgIpc) is 2.34. The molecule has 1 heterocycles. The molecule has 3 nitrogen and oxygen atoms in total. The first-order valence-electron chi connectivity index (χ1n) is 6.64. The van der Waals surface area contributed by atoms with Crippen LogP contribution in [0.5, 0.6) is 0 Å². The monoisotopic (exact) mass is 244 g/mol.